The Labute approximate surface area is 95.4 Å². The van der Waals surface area contributed by atoms with E-state index in [9.17, 15) is 4.79 Å². The Bertz CT molecular complexity index is 347. The molecule has 0 saturated carbocycles. The van der Waals surface area contributed by atoms with Gasteiger partial charge in [-0.3, -0.25) is 4.79 Å². The van der Waals surface area contributed by atoms with Crippen molar-refractivity contribution in [3.05, 3.63) is 35.9 Å². The van der Waals surface area contributed by atoms with Crippen LogP contribution in [-0.4, -0.2) is 18.9 Å². The molecule has 1 aromatic carbocycles. The molecule has 1 heterocycles. The van der Waals surface area contributed by atoms with Crippen molar-refractivity contribution in [3.63, 3.8) is 0 Å². The fourth-order valence-electron chi connectivity index (χ4n) is 2.00. The van der Waals surface area contributed by atoms with Gasteiger partial charge in [-0.15, -0.1) is 0 Å². The smallest absolute Gasteiger partial charge is 0.308 e. The molecular weight excluding hydrogens is 204 g/mol. The molecule has 3 heteroatoms. The van der Waals surface area contributed by atoms with Gasteiger partial charge in [0.25, 0.3) is 0 Å². The highest BCUT2D eigenvalue weighted by atomic mass is 16.7. The lowest BCUT2D eigenvalue weighted by atomic mass is 9.97. The SMILES string of the molecule is CCO[C@@H]1OC(=O)C[C@H]1Cc1ccccc1. The second-order valence-corrected chi connectivity index (χ2v) is 3.97. The molecule has 0 unspecified atom stereocenters. The molecule has 86 valence electrons. The zero-order chi connectivity index (χ0) is 11.4. The van der Waals surface area contributed by atoms with Crippen molar-refractivity contribution >= 4 is 5.97 Å². The summed E-state index contributed by atoms with van der Waals surface area (Å²) in [5.41, 5.74) is 1.22. The van der Waals surface area contributed by atoms with Crippen LogP contribution in [0.4, 0.5) is 0 Å². The van der Waals surface area contributed by atoms with Crippen molar-refractivity contribution in [1.82, 2.24) is 0 Å². The number of rotatable bonds is 4. The third-order valence-electron chi connectivity index (χ3n) is 2.73. The van der Waals surface area contributed by atoms with Crippen molar-refractivity contribution in [2.45, 2.75) is 26.1 Å². The van der Waals surface area contributed by atoms with Crippen molar-refractivity contribution in [2.24, 2.45) is 5.92 Å². The van der Waals surface area contributed by atoms with Crippen LogP contribution < -0.4 is 0 Å². The summed E-state index contributed by atoms with van der Waals surface area (Å²) in [6.45, 7) is 2.48. The first-order valence-electron chi connectivity index (χ1n) is 5.64. The molecule has 0 amide bonds. The van der Waals surface area contributed by atoms with Gasteiger partial charge in [-0.25, -0.2) is 0 Å². The highest BCUT2D eigenvalue weighted by molar-refractivity contribution is 5.71. The Morgan fingerprint density at radius 1 is 1.38 bits per heavy atom. The van der Waals surface area contributed by atoms with Gasteiger partial charge in [-0.05, 0) is 18.9 Å². The molecule has 1 saturated heterocycles. The fourth-order valence-corrected chi connectivity index (χ4v) is 2.00. The third-order valence-corrected chi connectivity index (χ3v) is 2.73. The molecule has 3 nitrogen and oxygen atoms in total. The Kier molecular flexibility index (Phi) is 3.57. The Hall–Kier alpha value is -1.35. The van der Waals surface area contributed by atoms with E-state index in [1.54, 1.807) is 0 Å². The van der Waals surface area contributed by atoms with E-state index >= 15 is 0 Å². The largest absolute Gasteiger partial charge is 0.435 e. The molecule has 0 aliphatic carbocycles. The van der Waals surface area contributed by atoms with Crippen LogP contribution in [0.1, 0.15) is 18.9 Å². The number of esters is 1. The van der Waals surface area contributed by atoms with Gasteiger partial charge in [-0.1, -0.05) is 30.3 Å². The normalized spacial score (nSPS) is 24.4. The fraction of sp³-hybridized carbons (Fsp3) is 0.462. The lowest BCUT2D eigenvalue weighted by Gasteiger charge is -2.16. The van der Waals surface area contributed by atoms with Crippen molar-refractivity contribution < 1.29 is 14.3 Å². The molecule has 16 heavy (non-hydrogen) atoms. The van der Waals surface area contributed by atoms with Gasteiger partial charge in [-0.2, -0.15) is 0 Å². The molecule has 1 aromatic rings. The number of hydrogen-bond acceptors (Lipinski definition) is 3. The van der Waals surface area contributed by atoms with E-state index in [-0.39, 0.29) is 18.2 Å². The first-order valence-corrected chi connectivity index (χ1v) is 5.64. The monoisotopic (exact) mass is 220 g/mol. The van der Waals surface area contributed by atoms with Crippen molar-refractivity contribution in [3.8, 4) is 0 Å². The molecule has 2 rings (SSSR count). The van der Waals surface area contributed by atoms with Crippen LogP contribution in [0, 0.1) is 5.92 Å². The quantitative estimate of drug-likeness (QED) is 0.729. The molecule has 0 spiro atoms. The highest BCUT2D eigenvalue weighted by Gasteiger charge is 2.35. The number of ether oxygens (including phenoxy) is 2. The molecule has 0 bridgehead atoms. The summed E-state index contributed by atoms with van der Waals surface area (Å²) < 4.78 is 10.5. The van der Waals surface area contributed by atoms with Crippen molar-refractivity contribution in [2.75, 3.05) is 6.61 Å². The van der Waals surface area contributed by atoms with Gasteiger partial charge in [0.1, 0.15) is 0 Å². The predicted octanol–water partition coefficient (Wildman–Crippen LogP) is 2.15. The van der Waals surface area contributed by atoms with Crippen LogP contribution in [0.3, 0.4) is 0 Å². The third kappa shape index (κ3) is 2.61. The minimum absolute atomic E-state index is 0.148. The molecule has 1 aliphatic heterocycles. The lowest BCUT2D eigenvalue weighted by Crippen LogP contribution is -2.21. The zero-order valence-electron chi connectivity index (χ0n) is 9.39. The Morgan fingerprint density at radius 3 is 2.81 bits per heavy atom. The van der Waals surface area contributed by atoms with E-state index in [1.165, 1.54) is 5.56 Å². The number of cyclic esters (lactones) is 1. The van der Waals surface area contributed by atoms with Crippen LogP contribution >= 0.6 is 0 Å². The number of benzene rings is 1. The first-order chi connectivity index (χ1) is 7.79. The van der Waals surface area contributed by atoms with Gasteiger partial charge in [0.05, 0.1) is 6.42 Å². The van der Waals surface area contributed by atoms with Gasteiger partial charge < -0.3 is 9.47 Å². The molecular formula is C13H16O3. The average molecular weight is 220 g/mol. The maximum Gasteiger partial charge on any atom is 0.308 e. The van der Waals surface area contributed by atoms with E-state index in [0.29, 0.717) is 13.0 Å². The lowest BCUT2D eigenvalue weighted by molar-refractivity contribution is -0.166. The van der Waals surface area contributed by atoms with Crippen LogP contribution in [0.15, 0.2) is 30.3 Å². The van der Waals surface area contributed by atoms with Crippen LogP contribution in [0.25, 0.3) is 0 Å². The highest BCUT2D eigenvalue weighted by Crippen LogP contribution is 2.26. The van der Waals surface area contributed by atoms with E-state index in [2.05, 4.69) is 12.1 Å². The molecule has 1 fully saturated rings. The molecule has 0 radical (unpaired) electrons. The van der Waals surface area contributed by atoms with Crippen LogP contribution in [0.2, 0.25) is 0 Å². The van der Waals surface area contributed by atoms with Gasteiger partial charge in [0.2, 0.25) is 6.29 Å². The minimum atomic E-state index is -0.363. The topological polar surface area (TPSA) is 35.5 Å². The molecule has 0 aromatic heterocycles. The average Bonchev–Trinajstić information content (AvgIpc) is 2.61. The number of hydrogen-bond donors (Lipinski definition) is 0. The van der Waals surface area contributed by atoms with Gasteiger partial charge in [0.15, 0.2) is 0 Å². The Balaban J connectivity index is 2.00. The predicted molar refractivity (Wildman–Crippen MR) is 59.8 cm³/mol. The maximum absolute atomic E-state index is 11.2. The summed E-state index contributed by atoms with van der Waals surface area (Å²) in [4.78, 5) is 11.2. The number of carbonyl (C=O) groups excluding carboxylic acids is 1. The Morgan fingerprint density at radius 2 is 2.12 bits per heavy atom. The summed E-state index contributed by atoms with van der Waals surface area (Å²) in [5, 5.41) is 0. The second kappa shape index (κ2) is 5.12. The van der Waals surface area contributed by atoms with Crippen molar-refractivity contribution in [1.29, 1.82) is 0 Å². The first kappa shape index (κ1) is 11.1. The number of carbonyl (C=O) groups is 1. The minimum Gasteiger partial charge on any atom is -0.435 e. The summed E-state index contributed by atoms with van der Waals surface area (Å²) >= 11 is 0. The van der Waals surface area contributed by atoms with Crippen LogP contribution in [-0.2, 0) is 20.7 Å². The van der Waals surface area contributed by atoms with E-state index < -0.39 is 0 Å². The van der Waals surface area contributed by atoms with E-state index in [4.69, 9.17) is 9.47 Å². The second-order valence-electron chi connectivity index (χ2n) is 3.97. The maximum atomic E-state index is 11.2. The van der Waals surface area contributed by atoms with Gasteiger partial charge >= 0.3 is 5.97 Å². The van der Waals surface area contributed by atoms with E-state index in [0.717, 1.165) is 6.42 Å². The molecule has 1 aliphatic rings. The summed E-state index contributed by atoms with van der Waals surface area (Å²) in [5.74, 6) is -0.00534. The van der Waals surface area contributed by atoms with E-state index in [1.807, 2.05) is 25.1 Å². The van der Waals surface area contributed by atoms with Crippen LogP contribution in [0.5, 0.6) is 0 Å². The van der Waals surface area contributed by atoms with Gasteiger partial charge in [0, 0.05) is 12.5 Å². The summed E-state index contributed by atoms with van der Waals surface area (Å²) in [7, 11) is 0. The summed E-state index contributed by atoms with van der Waals surface area (Å²) in [6.07, 6.45) is 0.925. The molecule has 0 N–H and O–H groups in total. The molecule has 2 atom stereocenters. The standard InChI is InChI=1S/C13H16O3/c1-2-15-13-11(9-12(14)16-13)8-10-6-4-3-5-7-10/h3-7,11,13H,2,8-9H2,1H3/t11-,13-/m1/s1. The zero-order valence-corrected chi connectivity index (χ0v) is 9.39. The summed E-state index contributed by atoms with van der Waals surface area (Å²) in [6, 6.07) is 10.1.